The second-order valence-electron chi connectivity index (χ2n) is 23.8. The molecule has 10 N–H and O–H groups in total. The van der Waals surface area contributed by atoms with E-state index in [0.29, 0.717) is 24.9 Å². The Kier molecular flexibility index (Phi) is 12.4. The molecule has 4 heterocycles. The van der Waals surface area contributed by atoms with Gasteiger partial charge in [-0.25, -0.2) is 0 Å². The van der Waals surface area contributed by atoms with Crippen LogP contribution in [0.5, 0.6) is 0 Å². The van der Waals surface area contributed by atoms with Crippen LogP contribution in [-0.2, 0) is 33.2 Å². The lowest BCUT2D eigenvalue weighted by Crippen LogP contribution is -2.74. The molecule has 1 spiro atoms. The molecule has 9 rings (SSSR count). The van der Waals surface area contributed by atoms with Crippen molar-refractivity contribution in [2.75, 3.05) is 26.4 Å². The number of aliphatic hydroxyl groups is 10. The Morgan fingerprint density at radius 3 is 1.80 bits per heavy atom. The third-order valence-electron chi connectivity index (χ3n) is 20.1. The highest BCUT2D eigenvalue weighted by molar-refractivity contribution is 5.28. The summed E-state index contributed by atoms with van der Waals surface area (Å²) in [5, 5.41) is 108. The summed E-state index contributed by atoms with van der Waals surface area (Å²) < 4.78 is 43.9. The average Bonchev–Trinajstić information content (AvgIpc) is 3.52. The standard InChI is InChI=1S/C47H78O17/c1-41(2)14-15-46-21-59-47(27(46)16-41)13-9-26-43(5)11-10-29(42(3,4)25(43)8-12-44(26,6)45(47,7)17-28(46)50)63-40-37(64-39-36(57)34(55)31(52)23(19-49)61-39)32(53)24(20-58-40)62-38-35(56)33(54)30(51)22(18-48)60-38/h22-40,48-57H,8-21H2,1-7H3/t22-,23-,24+,25+,26-,27-,28-,29+,30+,31+,32+,33+,34+,35-,36-,37-,38+,39+,40+,43-,44-,45+,46-,47+/m1/s1. The van der Waals surface area contributed by atoms with Crippen LogP contribution in [0.2, 0.25) is 0 Å². The van der Waals surface area contributed by atoms with Gasteiger partial charge in [-0.1, -0.05) is 48.5 Å². The van der Waals surface area contributed by atoms with E-state index in [0.717, 1.165) is 57.8 Å². The summed E-state index contributed by atoms with van der Waals surface area (Å²) >= 11 is 0. The minimum atomic E-state index is -1.81. The first kappa shape index (κ1) is 48.3. The molecular weight excluding hydrogens is 836 g/mol. The molecule has 0 aromatic carbocycles. The van der Waals surface area contributed by atoms with E-state index >= 15 is 0 Å². The fourth-order valence-electron chi connectivity index (χ4n) is 16.2. The number of hydrogen-bond donors (Lipinski definition) is 10. The summed E-state index contributed by atoms with van der Waals surface area (Å²) in [6.45, 7) is 15.6. The molecule has 9 aliphatic rings. The molecule has 9 fully saturated rings. The molecule has 0 amide bonds. The predicted molar refractivity (Wildman–Crippen MR) is 224 cm³/mol. The van der Waals surface area contributed by atoms with E-state index in [9.17, 15) is 51.1 Å². The van der Waals surface area contributed by atoms with Gasteiger partial charge in [-0.2, -0.15) is 0 Å². The Hall–Kier alpha value is -0.680. The lowest BCUT2D eigenvalue weighted by molar-refractivity contribution is -0.383. The van der Waals surface area contributed by atoms with Crippen LogP contribution in [0.25, 0.3) is 0 Å². The van der Waals surface area contributed by atoms with Crippen molar-refractivity contribution in [1.82, 2.24) is 0 Å². The van der Waals surface area contributed by atoms with E-state index in [2.05, 4.69) is 48.5 Å². The predicted octanol–water partition coefficient (Wildman–Crippen LogP) is 0.464. The first-order valence-electron chi connectivity index (χ1n) is 24.1. The second kappa shape index (κ2) is 16.5. The lowest BCUT2D eigenvalue weighted by Gasteiger charge is -2.75. The first-order valence-corrected chi connectivity index (χ1v) is 24.1. The van der Waals surface area contributed by atoms with Crippen molar-refractivity contribution in [2.24, 2.45) is 50.2 Å². The molecule has 17 nitrogen and oxygen atoms in total. The smallest absolute Gasteiger partial charge is 0.187 e. The summed E-state index contributed by atoms with van der Waals surface area (Å²) in [7, 11) is 0. The molecule has 64 heavy (non-hydrogen) atoms. The maximum atomic E-state index is 12.2. The topological polar surface area (TPSA) is 267 Å². The highest BCUT2D eigenvalue weighted by Gasteiger charge is 2.80. The lowest BCUT2D eigenvalue weighted by atomic mass is 9.30. The molecule has 0 radical (unpaired) electrons. The fourth-order valence-corrected chi connectivity index (χ4v) is 16.2. The summed E-state index contributed by atoms with van der Waals surface area (Å²) in [4.78, 5) is 0. The second-order valence-corrected chi connectivity index (χ2v) is 23.8. The molecule has 368 valence electrons. The average molecular weight is 915 g/mol. The molecular formula is C47H78O17. The van der Waals surface area contributed by atoms with Gasteiger partial charge in [0.25, 0.3) is 0 Å². The summed E-state index contributed by atoms with van der Waals surface area (Å²) in [6, 6.07) is 0. The number of hydrogen-bond acceptors (Lipinski definition) is 17. The van der Waals surface area contributed by atoms with Crippen molar-refractivity contribution in [1.29, 1.82) is 0 Å². The number of ether oxygens (including phenoxy) is 7. The fraction of sp³-hybridized carbons (Fsp3) is 1.00. The molecule has 5 aliphatic carbocycles. The molecule has 4 aliphatic heterocycles. The summed E-state index contributed by atoms with van der Waals surface area (Å²) in [5.74, 6) is 0.916. The van der Waals surface area contributed by atoms with Gasteiger partial charge < -0.3 is 84.2 Å². The van der Waals surface area contributed by atoms with E-state index in [4.69, 9.17) is 33.2 Å². The minimum Gasteiger partial charge on any atom is -0.394 e. The Labute approximate surface area is 376 Å². The van der Waals surface area contributed by atoms with Crippen LogP contribution in [-0.4, -0.2) is 181 Å². The van der Waals surface area contributed by atoms with Crippen molar-refractivity contribution >= 4 is 0 Å². The Morgan fingerprint density at radius 2 is 1.17 bits per heavy atom. The van der Waals surface area contributed by atoms with Crippen LogP contribution in [0.1, 0.15) is 113 Å². The van der Waals surface area contributed by atoms with Crippen LogP contribution in [0, 0.1) is 50.2 Å². The number of aliphatic hydroxyl groups excluding tert-OH is 10. The van der Waals surface area contributed by atoms with Crippen LogP contribution < -0.4 is 0 Å². The van der Waals surface area contributed by atoms with Crippen molar-refractivity contribution in [3.63, 3.8) is 0 Å². The van der Waals surface area contributed by atoms with E-state index in [-0.39, 0.29) is 45.2 Å². The van der Waals surface area contributed by atoms with Crippen LogP contribution in [0.15, 0.2) is 0 Å². The maximum Gasteiger partial charge on any atom is 0.187 e. The molecule has 0 aromatic heterocycles. The van der Waals surface area contributed by atoms with Gasteiger partial charge in [-0.3, -0.25) is 0 Å². The molecule has 17 heteroatoms. The highest BCUT2D eigenvalue weighted by Crippen LogP contribution is 2.80. The minimum absolute atomic E-state index is 0.0750. The van der Waals surface area contributed by atoms with Gasteiger partial charge in [0, 0.05) is 10.8 Å². The molecule has 4 saturated heterocycles. The van der Waals surface area contributed by atoms with Crippen molar-refractivity contribution in [3.8, 4) is 0 Å². The van der Waals surface area contributed by atoms with E-state index in [1.54, 1.807) is 0 Å². The Bertz CT molecular complexity index is 1700. The Morgan fingerprint density at radius 1 is 0.562 bits per heavy atom. The van der Waals surface area contributed by atoms with Crippen LogP contribution in [0.3, 0.4) is 0 Å². The van der Waals surface area contributed by atoms with Crippen molar-refractivity contribution in [3.05, 3.63) is 0 Å². The first-order chi connectivity index (χ1) is 29.9. The third-order valence-corrected chi connectivity index (χ3v) is 20.1. The summed E-state index contributed by atoms with van der Waals surface area (Å²) in [6.07, 6.45) is -13.3. The zero-order valence-corrected chi connectivity index (χ0v) is 38.7. The number of fused-ring (bicyclic) bond motifs is 4. The van der Waals surface area contributed by atoms with Gasteiger partial charge in [0.15, 0.2) is 18.9 Å². The van der Waals surface area contributed by atoms with Crippen molar-refractivity contribution < 1.29 is 84.2 Å². The molecule has 24 atom stereocenters. The molecule has 0 aromatic rings. The van der Waals surface area contributed by atoms with Gasteiger partial charge in [-0.15, -0.1) is 0 Å². The third kappa shape index (κ3) is 6.86. The quantitative estimate of drug-likeness (QED) is 0.148. The number of rotatable bonds is 8. The normalized spacial score (nSPS) is 57.8. The molecule has 0 unspecified atom stereocenters. The van der Waals surface area contributed by atoms with E-state index in [1.807, 2.05) is 0 Å². The zero-order valence-electron chi connectivity index (χ0n) is 38.7. The van der Waals surface area contributed by atoms with Gasteiger partial charge in [0.1, 0.15) is 67.1 Å². The maximum absolute atomic E-state index is 12.2. The van der Waals surface area contributed by atoms with Gasteiger partial charge in [0.05, 0.1) is 44.2 Å². The SMILES string of the molecule is CC1(C)CC[C@]23CO[C@@]4(CC[C@@H]5[C@]6(C)CC[C@H](O[C@@H]7OC[C@H](O[C@@H]8O[C@H](CO)[C@H](O)[C@H](O)[C@H]8O)[C@H](O)[C@H]7O[C@@H]7O[C@H](CO)[C@H](O)[C@H](O)[C@H]7O)C(C)(C)[C@@H]6CC[C@@]5(C)[C@]4(C)C[C@H]2O)[C@@H]3C1. The van der Waals surface area contributed by atoms with Gasteiger partial charge in [-0.05, 0) is 104 Å². The largest absolute Gasteiger partial charge is 0.394 e. The van der Waals surface area contributed by atoms with E-state index in [1.165, 1.54) is 0 Å². The van der Waals surface area contributed by atoms with Crippen LogP contribution in [0.4, 0.5) is 0 Å². The van der Waals surface area contributed by atoms with Gasteiger partial charge >= 0.3 is 0 Å². The van der Waals surface area contributed by atoms with Crippen molar-refractivity contribution in [2.45, 2.75) is 216 Å². The monoisotopic (exact) mass is 915 g/mol. The molecule has 2 bridgehead atoms. The molecule has 5 saturated carbocycles. The van der Waals surface area contributed by atoms with E-state index < -0.39 is 117 Å². The Balaban J connectivity index is 0.962. The highest BCUT2D eigenvalue weighted by atomic mass is 16.8. The zero-order chi connectivity index (χ0) is 46.3. The summed E-state index contributed by atoms with van der Waals surface area (Å²) in [5.41, 5.74) is -1.04. The van der Waals surface area contributed by atoms with Crippen LogP contribution >= 0.6 is 0 Å². The van der Waals surface area contributed by atoms with Gasteiger partial charge in [0.2, 0.25) is 0 Å².